The lowest BCUT2D eigenvalue weighted by Crippen LogP contribution is -2.06. The molecule has 0 bridgehead atoms. The van der Waals surface area contributed by atoms with Crippen LogP contribution in [0.25, 0.3) is 10.9 Å². The van der Waals surface area contributed by atoms with E-state index in [2.05, 4.69) is 10.1 Å². The van der Waals surface area contributed by atoms with E-state index in [1.807, 2.05) is 5.10 Å². The van der Waals surface area contributed by atoms with E-state index in [1.165, 1.54) is 0 Å². The molecule has 0 spiro atoms. The number of carbonyl (C=O) groups is 1. The third-order valence-corrected chi connectivity index (χ3v) is 1.94. The van der Waals surface area contributed by atoms with Crippen molar-refractivity contribution in [3.8, 4) is 0 Å². The molecule has 2 aromatic rings. The third kappa shape index (κ3) is 1.58. The number of carboxylic acids is 1. The summed E-state index contributed by atoms with van der Waals surface area (Å²) in [5.41, 5.74) is -1.57. The Balaban J connectivity index is 2.70. The number of halogens is 3. The van der Waals surface area contributed by atoms with Crippen molar-refractivity contribution in [2.75, 3.05) is 0 Å². The van der Waals surface area contributed by atoms with Crippen LogP contribution in [-0.2, 0) is 6.18 Å². The van der Waals surface area contributed by atoms with Gasteiger partial charge in [-0.25, -0.2) is 9.78 Å². The summed E-state index contributed by atoms with van der Waals surface area (Å²) in [5.74, 6) is -1.39. The molecule has 0 fully saturated rings. The zero-order valence-corrected chi connectivity index (χ0v) is 7.54. The number of nitrogens with zero attached hydrogens (tertiary/aromatic N) is 2. The van der Waals surface area contributed by atoms with Crippen LogP contribution in [0.4, 0.5) is 13.2 Å². The van der Waals surface area contributed by atoms with Crippen molar-refractivity contribution in [1.29, 1.82) is 0 Å². The molecule has 0 aliphatic rings. The molecule has 0 saturated heterocycles. The fraction of sp³-hybridized carbons (Fsp3) is 0.125. The number of hydrogen-bond donors (Lipinski definition) is 2. The minimum Gasteiger partial charge on any atom is -0.477 e. The van der Waals surface area contributed by atoms with Crippen molar-refractivity contribution in [2.24, 2.45) is 0 Å². The van der Waals surface area contributed by atoms with Gasteiger partial charge in [0, 0.05) is 5.39 Å². The van der Waals surface area contributed by atoms with Crippen LogP contribution >= 0.6 is 0 Å². The molecule has 2 heterocycles. The molecule has 0 radical (unpaired) electrons. The molecule has 0 aliphatic heterocycles. The Labute approximate surface area is 85.9 Å². The molecule has 2 rings (SSSR count). The van der Waals surface area contributed by atoms with Gasteiger partial charge in [-0.15, -0.1) is 0 Å². The second-order valence-electron chi connectivity index (χ2n) is 2.99. The van der Waals surface area contributed by atoms with Gasteiger partial charge in [0.2, 0.25) is 0 Å². The first-order valence-corrected chi connectivity index (χ1v) is 4.04. The molecule has 2 N–H and O–H groups in total. The van der Waals surface area contributed by atoms with Crippen LogP contribution in [0.3, 0.4) is 0 Å². The second kappa shape index (κ2) is 3.19. The zero-order valence-electron chi connectivity index (χ0n) is 7.54. The zero-order chi connectivity index (χ0) is 11.9. The van der Waals surface area contributed by atoms with E-state index in [1.54, 1.807) is 0 Å². The Bertz CT molecular complexity index is 561. The maximum atomic E-state index is 12.4. The monoisotopic (exact) mass is 231 g/mol. The average molecular weight is 231 g/mol. The number of H-pyrrole nitrogens is 1. The highest BCUT2D eigenvalue weighted by Gasteiger charge is 2.35. The number of hydrogen-bond acceptors (Lipinski definition) is 3. The topological polar surface area (TPSA) is 78.9 Å². The summed E-state index contributed by atoms with van der Waals surface area (Å²) in [6.45, 7) is 0. The summed E-state index contributed by atoms with van der Waals surface area (Å²) < 4.78 is 37.3. The molecular formula is C8H4F3N3O2. The number of aromatic carboxylic acids is 1. The van der Waals surface area contributed by atoms with Crippen molar-refractivity contribution in [2.45, 2.75) is 6.18 Å². The van der Waals surface area contributed by atoms with Gasteiger partial charge in [-0.05, 0) is 6.07 Å². The van der Waals surface area contributed by atoms with E-state index in [4.69, 9.17) is 5.11 Å². The number of carboxylic acid groups (broad SMARTS) is 1. The van der Waals surface area contributed by atoms with Gasteiger partial charge < -0.3 is 5.11 Å². The van der Waals surface area contributed by atoms with Crippen LogP contribution in [0.5, 0.6) is 0 Å². The average Bonchev–Trinajstić information content (AvgIpc) is 2.58. The van der Waals surface area contributed by atoms with Crippen molar-refractivity contribution in [3.05, 3.63) is 23.7 Å². The first-order valence-electron chi connectivity index (χ1n) is 4.04. The fourth-order valence-electron chi connectivity index (χ4n) is 1.25. The second-order valence-corrected chi connectivity index (χ2v) is 2.99. The molecule has 0 aliphatic carbocycles. The molecule has 0 saturated carbocycles. The number of aromatic amines is 1. The minimum absolute atomic E-state index is 0.0303. The van der Waals surface area contributed by atoms with Gasteiger partial charge in [-0.2, -0.15) is 18.3 Å². The Morgan fingerprint density at radius 1 is 1.44 bits per heavy atom. The van der Waals surface area contributed by atoms with Gasteiger partial charge in [0.1, 0.15) is 16.9 Å². The van der Waals surface area contributed by atoms with Crippen molar-refractivity contribution in [3.63, 3.8) is 0 Å². The standard InChI is InChI=1S/C8H4F3N3O2/c9-8(10,11)6-3-1-4(7(15)16)12-2-5(3)13-14-6/h1-2H,(H,13,14)(H,15,16). The summed E-state index contributed by atoms with van der Waals surface area (Å²) in [7, 11) is 0. The van der Waals surface area contributed by atoms with Crippen LogP contribution < -0.4 is 0 Å². The lowest BCUT2D eigenvalue weighted by Gasteiger charge is -2.02. The first kappa shape index (κ1) is 10.4. The molecule has 5 nitrogen and oxygen atoms in total. The lowest BCUT2D eigenvalue weighted by molar-refractivity contribution is -0.139. The van der Waals surface area contributed by atoms with Crippen molar-refractivity contribution >= 4 is 16.9 Å². The number of aromatic nitrogens is 3. The van der Waals surface area contributed by atoms with Gasteiger partial charge >= 0.3 is 12.1 Å². The Morgan fingerprint density at radius 2 is 2.12 bits per heavy atom. The summed E-state index contributed by atoms with van der Waals surface area (Å²) in [6.07, 6.45) is -3.63. The SMILES string of the molecule is O=C(O)c1cc2c(C(F)(F)F)[nH]nc2cn1. The summed E-state index contributed by atoms with van der Waals surface area (Å²) in [5, 5.41) is 13.5. The van der Waals surface area contributed by atoms with Crippen LogP contribution in [0.2, 0.25) is 0 Å². The smallest absolute Gasteiger partial charge is 0.433 e. The van der Waals surface area contributed by atoms with Gasteiger partial charge in [0.15, 0.2) is 0 Å². The fourth-order valence-corrected chi connectivity index (χ4v) is 1.25. The van der Waals surface area contributed by atoms with E-state index in [0.717, 1.165) is 12.3 Å². The maximum absolute atomic E-state index is 12.4. The molecule has 2 aromatic heterocycles. The molecule has 8 heteroatoms. The first-order chi connectivity index (χ1) is 7.39. The number of nitrogens with one attached hydrogen (secondary N) is 1. The molecule has 84 valence electrons. The largest absolute Gasteiger partial charge is 0.477 e. The third-order valence-electron chi connectivity index (χ3n) is 1.94. The highest BCUT2D eigenvalue weighted by molar-refractivity contribution is 5.91. The molecule has 0 aromatic carbocycles. The predicted octanol–water partition coefficient (Wildman–Crippen LogP) is 1.67. The molecular weight excluding hydrogens is 227 g/mol. The predicted molar refractivity (Wildman–Crippen MR) is 45.9 cm³/mol. The molecule has 0 atom stereocenters. The Kier molecular flexibility index (Phi) is 2.07. The molecule has 0 amide bonds. The van der Waals surface area contributed by atoms with Gasteiger partial charge in [-0.1, -0.05) is 0 Å². The normalized spacial score (nSPS) is 11.9. The highest BCUT2D eigenvalue weighted by atomic mass is 19.4. The maximum Gasteiger partial charge on any atom is 0.433 e. The molecule has 0 unspecified atom stereocenters. The van der Waals surface area contributed by atoms with E-state index >= 15 is 0 Å². The number of alkyl halides is 3. The number of pyridine rings is 1. The quantitative estimate of drug-likeness (QED) is 0.782. The van der Waals surface area contributed by atoms with Crippen LogP contribution in [-0.4, -0.2) is 26.3 Å². The number of fused-ring (bicyclic) bond motifs is 1. The minimum atomic E-state index is -4.61. The van der Waals surface area contributed by atoms with E-state index in [-0.39, 0.29) is 10.9 Å². The van der Waals surface area contributed by atoms with Crippen molar-refractivity contribution < 1.29 is 23.1 Å². The summed E-state index contributed by atoms with van der Waals surface area (Å²) in [4.78, 5) is 14.0. The summed E-state index contributed by atoms with van der Waals surface area (Å²) >= 11 is 0. The summed E-state index contributed by atoms with van der Waals surface area (Å²) in [6, 6.07) is 0.837. The Morgan fingerprint density at radius 3 is 2.69 bits per heavy atom. The lowest BCUT2D eigenvalue weighted by atomic mass is 10.2. The molecule has 16 heavy (non-hydrogen) atoms. The van der Waals surface area contributed by atoms with Crippen LogP contribution in [0.15, 0.2) is 12.3 Å². The van der Waals surface area contributed by atoms with E-state index in [9.17, 15) is 18.0 Å². The van der Waals surface area contributed by atoms with Crippen LogP contribution in [0, 0.1) is 0 Å². The Hall–Kier alpha value is -2.12. The van der Waals surface area contributed by atoms with Gasteiger partial charge in [-0.3, -0.25) is 5.10 Å². The van der Waals surface area contributed by atoms with Gasteiger partial charge in [0.05, 0.1) is 6.20 Å². The van der Waals surface area contributed by atoms with Gasteiger partial charge in [0.25, 0.3) is 0 Å². The van der Waals surface area contributed by atoms with E-state index < -0.39 is 23.5 Å². The van der Waals surface area contributed by atoms with Crippen molar-refractivity contribution in [1.82, 2.24) is 15.2 Å². The van der Waals surface area contributed by atoms with Crippen LogP contribution in [0.1, 0.15) is 16.2 Å². The van der Waals surface area contributed by atoms with E-state index in [0.29, 0.717) is 0 Å². The highest BCUT2D eigenvalue weighted by Crippen LogP contribution is 2.32. The number of rotatable bonds is 1.